The maximum Gasteiger partial charge on any atom is 0.128 e. The fraction of sp³-hybridized carbons (Fsp3) is 0.667. The molecule has 0 radical (unpaired) electrons. The number of anilines is 1. The second-order valence-electron chi connectivity index (χ2n) is 5.64. The third kappa shape index (κ3) is 3.07. The molecule has 3 rings (SSSR count). The van der Waals surface area contributed by atoms with Crippen LogP contribution in [0.15, 0.2) is 24.4 Å². The Hall–Kier alpha value is -1.13. The van der Waals surface area contributed by atoms with Gasteiger partial charge in [0.2, 0.25) is 0 Å². The molecule has 0 spiro atoms. The average molecular weight is 261 g/mol. The molecule has 1 N–H and O–H groups in total. The standard InChI is InChI=1S/C15H23N3O/c1-19-14-10-13(11-14)17-12-5-8-18(9-6-12)15-4-2-3-7-16-15/h2-4,7,12-14,17H,5-6,8-11H2,1H3. The number of pyridine rings is 1. The number of aromatic nitrogens is 1. The van der Waals surface area contributed by atoms with Crippen molar-refractivity contribution in [1.29, 1.82) is 0 Å². The van der Waals surface area contributed by atoms with Gasteiger partial charge in [0, 0.05) is 38.5 Å². The Balaban J connectivity index is 1.43. The van der Waals surface area contributed by atoms with Crippen molar-refractivity contribution in [2.75, 3.05) is 25.1 Å². The van der Waals surface area contributed by atoms with Gasteiger partial charge in [-0.15, -0.1) is 0 Å². The van der Waals surface area contributed by atoms with Gasteiger partial charge in [0.05, 0.1) is 6.10 Å². The molecule has 0 atom stereocenters. The van der Waals surface area contributed by atoms with Crippen LogP contribution in [-0.2, 0) is 4.74 Å². The minimum Gasteiger partial charge on any atom is -0.381 e. The van der Waals surface area contributed by atoms with Crippen molar-refractivity contribution in [2.45, 2.75) is 43.9 Å². The Labute approximate surface area is 115 Å². The number of hydrogen-bond acceptors (Lipinski definition) is 4. The van der Waals surface area contributed by atoms with Crippen LogP contribution in [0.2, 0.25) is 0 Å². The van der Waals surface area contributed by atoms with Gasteiger partial charge in [-0.3, -0.25) is 0 Å². The van der Waals surface area contributed by atoms with Crippen molar-refractivity contribution in [3.63, 3.8) is 0 Å². The molecular weight excluding hydrogens is 238 g/mol. The lowest BCUT2D eigenvalue weighted by Crippen LogP contribution is -2.52. The predicted molar refractivity (Wildman–Crippen MR) is 76.4 cm³/mol. The summed E-state index contributed by atoms with van der Waals surface area (Å²) < 4.78 is 5.32. The second-order valence-corrected chi connectivity index (χ2v) is 5.64. The van der Waals surface area contributed by atoms with E-state index < -0.39 is 0 Å². The van der Waals surface area contributed by atoms with E-state index in [1.807, 2.05) is 19.4 Å². The Bertz CT molecular complexity index is 384. The van der Waals surface area contributed by atoms with Crippen molar-refractivity contribution < 1.29 is 4.74 Å². The van der Waals surface area contributed by atoms with Gasteiger partial charge in [-0.1, -0.05) is 6.07 Å². The average Bonchev–Trinajstić information content (AvgIpc) is 2.44. The lowest BCUT2D eigenvalue weighted by Gasteiger charge is -2.40. The van der Waals surface area contributed by atoms with Crippen LogP contribution in [0.5, 0.6) is 0 Å². The molecule has 2 heterocycles. The Kier molecular flexibility index (Phi) is 3.99. The SMILES string of the molecule is COC1CC(NC2CCN(c3ccccn3)CC2)C1. The van der Waals surface area contributed by atoms with E-state index in [4.69, 9.17) is 4.74 Å². The van der Waals surface area contributed by atoms with Gasteiger partial charge in [0.25, 0.3) is 0 Å². The molecule has 1 aromatic rings. The molecule has 2 fully saturated rings. The molecule has 0 amide bonds. The number of rotatable bonds is 4. The van der Waals surface area contributed by atoms with Crippen molar-refractivity contribution in [2.24, 2.45) is 0 Å². The monoisotopic (exact) mass is 261 g/mol. The molecule has 1 aromatic heterocycles. The lowest BCUT2D eigenvalue weighted by atomic mass is 9.88. The van der Waals surface area contributed by atoms with Crippen LogP contribution >= 0.6 is 0 Å². The summed E-state index contributed by atoms with van der Waals surface area (Å²) in [6, 6.07) is 7.48. The van der Waals surface area contributed by atoms with E-state index in [1.54, 1.807) is 0 Å². The predicted octanol–water partition coefficient (Wildman–Crippen LogP) is 1.82. The zero-order valence-electron chi connectivity index (χ0n) is 11.6. The van der Waals surface area contributed by atoms with Gasteiger partial charge < -0.3 is 15.0 Å². The molecule has 4 heteroatoms. The van der Waals surface area contributed by atoms with Crippen LogP contribution in [0.4, 0.5) is 5.82 Å². The number of nitrogens with zero attached hydrogens (tertiary/aromatic N) is 2. The molecule has 0 aromatic carbocycles. The lowest BCUT2D eigenvalue weighted by molar-refractivity contribution is 0.0133. The molecule has 4 nitrogen and oxygen atoms in total. The largest absolute Gasteiger partial charge is 0.381 e. The Morgan fingerprint density at radius 2 is 2.00 bits per heavy atom. The number of nitrogens with one attached hydrogen (secondary N) is 1. The summed E-state index contributed by atoms with van der Waals surface area (Å²) in [5.41, 5.74) is 0. The van der Waals surface area contributed by atoms with E-state index in [9.17, 15) is 0 Å². The smallest absolute Gasteiger partial charge is 0.128 e. The molecule has 1 aliphatic carbocycles. The highest BCUT2D eigenvalue weighted by Gasteiger charge is 2.31. The first kappa shape index (κ1) is 12.9. The summed E-state index contributed by atoms with van der Waals surface area (Å²) in [6.45, 7) is 2.21. The third-order valence-electron chi connectivity index (χ3n) is 4.37. The molecule has 1 saturated heterocycles. The fourth-order valence-corrected chi connectivity index (χ4v) is 3.04. The summed E-state index contributed by atoms with van der Waals surface area (Å²) in [6.07, 6.45) is 7.15. The summed E-state index contributed by atoms with van der Waals surface area (Å²) >= 11 is 0. The molecule has 0 bridgehead atoms. The highest BCUT2D eigenvalue weighted by Crippen LogP contribution is 2.25. The summed E-state index contributed by atoms with van der Waals surface area (Å²) in [4.78, 5) is 6.81. The summed E-state index contributed by atoms with van der Waals surface area (Å²) in [5.74, 6) is 1.11. The first-order chi connectivity index (χ1) is 9.35. The van der Waals surface area contributed by atoms with Crippen molar-refractivity contribution in [3.8, 4) is 0 Å². The van der Waals surface area contributed by atoms with Crippen molar-refractivity contribution in [1.82, 2.24) is 10.3 Å². The molecule has 1 saturated carbocycles. The van der Waals surface area contributed by atoms with Crippen LogP contribution in [0, 0.1) is 0 Å². The molecule has 2 aliphatic rings. The third-order valence-corrected chi connectivity index (χ3v) is 4.37. The van der Waals surface area contributed by atoms with Crippen LogP contribution in [0.3, 0.4) is 0 Å². The molecular formula is C15H23N3O. The number of hydrogen-bond donors (Lipinski definition) is 1. The first-order valence-electron chi connectivity index (χ1n) is 7.30. The highest BCUT2D eigenvalue weighted by atomic mass is 16.5. The number of ether oxygens (including phenoxy) is 1. The van der Waals surface area contributed by atoms with E-state index in [2.05, 4.69) is 27.3 Å². The normalized spacial score (nSPS) is 28.2. The summed E-state index contributed by atoms with van der Waals surface area (Å²) in [7, 11) is 1.81. The van der Waals surface area contributed by atoms with Gasteiger partial charge in [-0.25, -0.2) is 4.98 Å². The maximum atomic E-state index is 5.32. The maximum absolute atomic E-state index is 5.32. The van der Waals surface area contributed by atoms with Gasteiger partial charge in [0.1, 0.15) is 5.82 Å². The zero-order valence-corrected chi connectivity index (χ0v) is 11.6. The van der Waals surface area contributed by atoms with E-state index >= 15 is 0 Å². The van der Waals surface area contributed by atoms with Gasteiger partial charge in [-0.05, 0) is 37.8 Å². The van der Waals surface area contributed by atoms with Gasteiger partial charge >= 0.3 is 0 Å². The van der Waals surface area contributed by atoms with Crippen molar-refractivity contribution >= 4 is 5.82 Å². The van der Waals surface area contributed by atoms with E-state index in [0.717, 1.165) is 18.9 Å². The van der Waals surface area contributed by atoms with Crippen molar-refractivity contribution in [3.05, 3.63) is 24.4 Å². The van der Waals surface area contributed by atoms with Crippen LogP contribution in [0.1, 0.15) is 25.7 Å². The van der Waals surface area contributed by atoms with Crippen LogP contribution in [0.25, 0.3) is 0 Å². The number of methoxy groups -OCH3 is 1. The Morgan fingerprint density at radius 3 is 2.63 bits per heavy atom. The molecule has 1 aliphatic heterocycles. The zero-order chi connectivity index (χ0) is 13.1. The highest BCUT2D eigenvalue weighted by molar-refractivity contribution is 5.38. The summed E-state index contributed by atoms with van der Waals surface area (Å²) in [5, 5.41) is 3.76. The minimum absolute atomic E-state index is 0.492. The van der Waals surface area contributed by atoms with Crippen LogP contribution < -0.4 is 10.2 Å². The van der Waals surface area contributed by atoms with Gasteiger partial charge in [-0.2, -0.15) is 0 Å². The Morgan fingerprint density at radius 1 is 1.21 bits per heavy atom. The number of piperidine rings is 1. The quantitative estimate of drug-likeness (QED) is 0.897. The minimum atomic E-state index is 0.492. The van der Waals surface area contributed by atoms with E-state index in [1.165, 1.54) is 25.7 Å². The van der Waals surface area contributed by atoms with E-state index in [0.29, 0.717) is 18.2 Å². The van der Waals surface area contributed by atoms with Crippen LogP contribution in [-0.4, -0.2) is 43.4 Å². The topological polar surface area (TPSA) is 37.4 Å². The first-order valence-corrected chi connectivity index (χ1v) is 7.30. The molecule has 19 heavy (non-hydrogen) atoms. The second kappa shape index (κ2) is 5.88. The molecule has 0 unspecified atom stereocenters. The van der Waals surface area contributed by atoms with E-state index in [-0.39, 0.29) is 0 Å². The van der Waals surface area contributed by atoms with Gasteiger partial charge in [0.15, 0.2) is 0 Å². The molecule has 104 valence electrons. The fourth-order valence-electron chi connectivity index (χ4n) is 3.04.